The molecule has 0 spiro atoms. The molecule has 1 aliphatic heterocycles. The first-order valence-corrected chi connectivity index (χ1v) is 11.9. The average Bonchev–Trinajstić information content (AvgIpc) is 3.23. The van der Waals surface area contributed by atoms with Crippen molar-refractivity contribution in [3.05, 3.63) is 22.5 Å². The van der Waals surface area contributed by atoms with Crippen molar-refractivity contribution >= 4 is 39.0 Å². The maximum atomic E-state index is 8.86. The summed E-state index contributed by atoms with van der Waals surface area (Å²) in [5.74, 6) is 2.03. The molecule has 31 heavy (non-hydrogen) atoms. The fourth-order valence-electron chi connectivity index (χ4n) is 3.96. The van der Waals surface area contributed by atoms with Crippen LogP contribution in [0.1, 0.15) is 57.6 Å². The zero-order valence-corrected chi connectivity index (χ0v) is 20.1. The molecule has 2 aromatic heterocycles. The lowest BCUT2D eigenvalue weighted by molar-refractivity contribution is -0.106. The summed E-state index contributed by atoms with van der Waals surface area (Å²) in [7, 11) is 2.02. The monoisotopic (exact) mass is 491 g/mol. The number of nitrogens with zero attached hydrogens (tertiary/aromatic N) is 2. The molecule has 3 heterocycles. The molecule has 0 amide bonds. The van der Waals surface area contributed by atoms with Gasteiger partial charge in [0.2, 0.25) is 5.76 Å². The predicted molar refractivity (Wildman–Crippen MR) is 128 cm³/mol. The van der Waals surface area contributed by atoms with Gasteiger partial charge < -0.3 is 25.2 Å². The minimum atomic E-state index is 0.312. The summed E-state index contributed by atoms with van der Waals surface area (Å²) in [4.78, 5) is 13.2. The molecule has 1 atom stereocenters. The van der Waals surface area contributed by atoms with Gasteiger partial charge in [0.1, 0.15) is 18.2 Å². The second kappa shape index (κ2) is 14.2. The van der Waals surface area contributed by atoms with E-state index in [0.29, 0.717) is 17.4 Å². The third kappa shape index (κ3) is 8.24. The average molecular weight is 492 g/mol. The minimum Gasteiger partial charge on any atom is -0.444 e. The Bertz CT molecular complexity index is 834. The second-order valence-electron chi connectivity index (χ2n) is 7.91. The molecule has 7 nitrogen and oxygen atoms in total. The number of fused-ring (bicyclic) bond motifs is 1. The number of nitriles is 1. The molecule has 2 aromatic rings. The van der Waals surface area contributed by atoms with E-state index < -0.39 is 0 Å². The Morgan fingerprint density at radius 1 is 1.32 bits per heavy atom. The van der Waals surface area contributed by atoms with Crippen molar-refractivity contribution in [3.63, 3.8) is 0 Å². The van der Waals surface area contributed by atoms with E-state index in [9.17, 15) is 0 Å². The number of rotatable bonds is 4. The van der Waals surface area contributed by atoms with Crippen LogP contribution in [0.15, 0.2) is 21.2 Å². The Balaban J connectivity index is 0.000000238. The fourth-order valence-corrected chi connectivity index (χ4v) is 4.49. The van der Waals surface area contributed by atoms with Crippen LogP contribution in [0.4, 0.5) is 5.82 Å². The van der Waals surface area contributed by atoms with E-state index in [1.165, 1.54) is 71.5 Å². The largest absolute Gasteiger partial charge is 0.444 e. The number of piperidine rings is 1. The number of nitrogens with one attached hydrogen (secondary N) is 3. The number of halogens is 1. The molecule has 3 N–H and O–H groups in total. The van der Waals surface area contributed by atoms with E-state index >= 15 is 0 Å². The van der Waals surface area contributed by atoms with Gasteiger partial charge in [0, 0.05) is 17.5 Å². The van der Waals surface area contributed by atoms with E-state index in [-0.39, 0.29) is 0 Å². The highest BCUT2D eigenvalue weighted by Gasteiger charge is 2.17. The van der Waals surface area contributed by atoms with Crippen molar-refractivity contribution in [2.24, 2.45) is 5.92 Å². The van der Waals surface area contributed by atoms with Crippen LogP contribution in [0.5, 0.6) is 0 Å². The number of anilines is 1. The normalized spacial score (nSPS) is 18.7. The van der Waals surface area contributed by atoms with E-state index in [1.54, 1.807) is 12.3 Å². The first-order chi connectivity index (χ1) is 15.1. The predicted octanol–water partition coefficient (Wildman–Crippen LogP) is 4.62. The highest BCUT2D eigenvalue weighted by atomic mass is 79.9. The van der Waals surface area contributed by atoms with E-state index in [0.717, 1.165) is 27.9 Å². The molecule has 0 aromatic carbocycles. The Labute approximate surface area is 193 Å². The van der Waals surface area contributed by atoms with Gasteiger partial charge in [-0.3, -0.25) is 0 Å². The third-order valence-electron chi connectivity index (χ3n) is 5.46. The van der Waals surface area contributed by atoms with Gasteiger partial charge in [-0.1, -0.05) is 19.3 Å². The number of hydrogen-bond acceptors (Lipinski definition) is 7. The molecule has 1 unspecified atom stereocenters. The van der Waals surface area contributed by atoms with E-state index in [1.807, 2.05) is 13.1 Å². The van der Waals surface area contributed by atoms with Crippen LogP contribution in [0.3, 0.4) is 0 Å². The molecule has 2 fully saturated rings. The van der Waals surface area contributed by atoms with Crippen molar-refractivity contribution in [2.45, 2.75) is 57.9 Å². The number of furan rings is 1. The van der Waals surface area contributed by atoms with E-state index in [4.69, 9.17) is 14.5 Å². The lowest BCUT2D eigenvalue weighted by Crippen LogP contribution is -2.34. The minimum absolute atomic E-state index is 0.312. The molecular weight excluding hydrogens is 458 g/mol. The molecule has 1 saturated heterocycles. The number of hydrogen-bond donors (Lipinski definition) is 3. The van der Waals surface area contributed by atoms with E-state index in [2.05, 4.69) is 36.9 Å². The molecule has 1 saturated carbocycles. The Morgan fingerprint density at radius 2 is 2.06 bits per heavy atom. The molecule has 8 heteroatoms. The van der Waals surface area contributed by atoms with Gasteiger partial charge in [-0.05, 0) is 81.1 Å². The number of pyridine rings is 1. The van der Waals surface area contributed by atoms with Gasteiger partial charge in [0.25, 0.3) is 0 Å². The standard InChI is InChI=1S/C14H14BrN3O.C7H16N2.C2H4O/c15-13-11-6-10(7-16)19-12(11)8-17-14(13)18-9-4-2-1-3-5-9;1-8-5-7-3-2-4-9-6-7;1-2-3/h6,8-9H,1-5H2,(H,17,18);7-9H,2-6H2,1H3;2H,1H3. The van der Waals surface area contributed by atoms with Crippen LogP contribution in [0, 0.1) is 17.2 Å². The number of carbonyl (C=O) groups is 1. The summed E-state index contributed by atoms with van der Waals surface area (Å²) in [5.41, 5.74) is 0.637. The number of aromatic nitrogens is 1. The lowest BCUT2D eigenvalue weighted by atomic mass is 9.95. The Kier molecular flexibility index (Phi) is 11.6. The van der Waals surface area contributed by atoms with Gasteiger partial charge in [-0.25, -0.2) is 4.98 Å². The maximum absolute atomic E-state index is 8.86. The molecule has 0 radical (unpaired) electrons. The van der Waals surface area contributed by atoms with Gasteiger partial charge in [-0.15, -0.1) is 0 Å². The van der Waals surface area contributed by atoms with Crippen LogP contribution >= 0.6 is 15.9 Å². The van der Waals surface area contributed by atoms with Crippen molar-refractivity contribution in [3.8, 4) is 6.07 Å². The molecule has 1 aliphatic carbocycles. The van der Waals surface area contributed by atoms with Gasteiger partial charge in [0.05, 0.1) is 10.7 Å². The third-order valence-corrected chi connectivity index (χ3v) is 6.27. The van der Waals surface area contributed by atoms with Gasteiger partial charge in [0.15, 0.2) is 5.58 Å². The quantitative estimate of drug-likeness (QED) is 0.536. The fraction of sp³-hybridized carbons (Fsp3) is 0.609. The highest BCUT2D eigenvalue weighted by molar-refractivity contribution is 9.10. The molecular formula is C23H34BrN5O2. The zero-order valence-electron chi connectivity index (χ0n) is 18.5. The summed E-state index contributed by atoms with van der Waals surface area (Å²) in [6.45, 7) is 5.05. The maximum Gasteiger partial charge on any atom is 0.204 e. The summed E-state index contributed by atoms with van der Waals surface area (Å²) < 4.78 is 6.24. The van der Waals surface area contributed by atoms with Crippen LogP contribution in [-0.2, 0) is 4.79 Å². The van der Waals surface area contributed by atoms with Crippen molar-refractivity contribution in [2.75, 3.05) is 32.0 Å². The summed E-state index contributed by atoms with van der Waals surface area (Å²) in [6, 6.07) is 4.25. The van der Waals surface area contributed by atoms with Crippen LogP contribution < -0.4 is 16.0 Å². The van der Waals surface area contributed by atoms with Crippen LogP contribution in [-0.4, -0.2) is 44.0 Å². The molecule has 2 aliphatic rings. The summed E-state index contributed by atoms with van der Waals surface area (Å²) >= 11 is 3.56. The number of aldehydes is 1. The first-order valence-electron chi connectivity index (χ1n) is 11.1. The van der Waals surface area contributed by atoms with Crippen molar-refractivity contribution < 1.29 is 9.21 Å². The van der Waals surface area contributed by atoms with Crippen molar-refractivity contribution in [1.29, 1.82) is 5.26 Å². The molecule has 4 rings (SSSR count). The molecule has 0 bridgehead atoms. The zero-order chi connectivity index (χ0) is 22.5. The first kappa shape index (κ1) is 25.3. The van der Waals surface area contributed by atoms with Crippen LogP contribution in [0.25, 0.3) is 11.0 Å². The summed E-state index contributed by atoms with van der Waals surface area (Å²) in [5, 5.41) is 19.8. The van der Waals surface area contributed by atoms with Gasteiger partial charge in [-0.2, -0.15) is 5.26 Å². The number of carbonyl (C=O) groups excluding carboxylic acids is 1. The van der Waals surface area contributed by atoms with Crippen molar-refractivity contribution in [1.82, 2.24) is 15.6 Å². The highest BCUT2D eigenvalue weighted by Crippen LogP contribution is 2.33. The second-order valence-corrected chi connectivity index (χ2v) is 8.70. The SMILES string of the molecule is CC=O.CNCC1CCCNC1.N#Cc1cc2c(Br)c(NC3CCCCC3)ncc2o1. The smallest absolute Gasteiger partial charge is 0.204 e. The van der Waals surface area contributed by atoms with Crippen LogP contribution in [0.2, 0.25) is 0 Å². The lowest BCUT2D eigenvalue weighted by Gasteiger charge is -2.23. The topological polar surface area (TPSA) is 103 Å². The summed E-state index contributed by atoms with van der Waals surface area (Å²) in [6.07, 6.45) is 11.5. The van der Waals surface area contributed by atoms with Gasteiger partial charge >= 0.3 is 0 Å². The Hall–Kier alpha value is -1.95. The Morgan fingerprint density at radius 3 is 2.68 bits per heavy atom. The molecule has 170 valence electrons.